The molecule has 0 unspecified atom stereocenters. The maximum atomic E-state index is 2.34. The van der Waals surface area contributed by atoms with Gasteiger partial charge in [-0.05, 0) is 0 Å². The summed E-state index contributed by atoms with van der Waals surface area (Å²) in [4.78, 5) is 0. The number of allylic oxidation sites excluding steroid dienone is 8. The molecule has 0 spiro atoms. The summed E-state index contributed by atoms with van der Waals surface area (Å²) in [6.07, 6.45) is 5.23. The van der Waals surface area contributed by atoms with Gasteiger partial charge in [-0.15, -0.1) is 0 Å². The molecule has 0 aromatic rings. The van der Waals surface area contributed by atoms with E-state index in [0.717, 1.165) is 0 Å². The van der Waals surface area contributed by atoms with Crippen LogP contribution >= 0.6 is 0 Å². The number of rotatable bonds is 0. The summed E-state index contributed by atoms with van der Waals surface area (Å²) >= 11 is 0.0182. The average molecular weight is 260 g/mol. The van der Waals surface area contributed by atoms with E-state index in [1.165, 1.54) is 25.7 Å². The summed E-state index contributed by atoms with van der Waals surface area (Å²) in [7, 11) is 0. The molecule has 0 saturated carbocycles. The zero-order valence-corrected chi connectivity index (χ0v) is 12.9. The Morgan fingerprint density at radius 1 is 0.706 bits per heavy atom. The Morgan fingerprint density at radius 3 is 1.53 bits per heavy atom. The minimum absolute atomic E-state index is 0.0182. The first-order valence-electron chi connectivity index (χ1n) is 6.62. The molecule has 1 aliphatic heterocycles. The van der Waals surface area contributed by atoms with Crippen molar-refractivity contribution in [1.29, 1.82) is 0 Å². The van der Waals surface area contributed by atoms with Gasteiger partial charge in [0, 0.05) is 0 Å². The van der Waals surface area contributed by atoms with Gasteiger partial charge in [0.15, 0.2) is 0 Å². The molecule has 1 heteroatoms. The van der Waals surface area contributed by atoms with Crippen molar-refractivity contribution in [3.05, 3.63) is 41.2 Å². The minimum atomic E-state index is 0.0182. The van der Waals surface area contributed by atoms with Gasteiger partial charge in [-0.1, -0.05) is 0 Å². The van der Waals surface area contributed by atoms with E-state index < -0.39 is 0 Å². The normalized spacial score (nSPS) is 24.2. The van der Waals surface area contributed by atoms with Crippen LogP contribution < -0.4 is 0 Å². The Morgan fingerprint density at radius 2 is 1.12 bits per heavy atom. The molecule has 0 bridgehead atoms. The zero-order valence-electron chi connectivity index (χ0n) is 11.3. The predicted molar refractivity (Wildman–Crippen MR) is 69.3 cm³/mol. The van der Waals surface area contributed by atoms with Gasteiger partial charge in [-0.2, -0.15) is 0 Å². The van der Waals surface area contributed by atoms with Crippen LogP contribution in [0.25, 0.3) is 0 Å². The SMILES string of the molecule is CC1=C(C)C2=[C](C1)[Ti][C]1=C(CC2)C(C)=C(C)C1. The van der Waals surface area contributed by atoms with Crippen LogP contribution in [0.2, 0.25) is 0 Å². The molecule has 1 heterocycles. The van der Waals surface area contributed by atoms with Crippen LogP contribution in [-0.4, -0.2) is 0 Å². The molecule has 0 atom stereocenters. The van der Waals surface area contributed by atoms with E-state index in [1.54, 1.807) is 33.4 Å². The Hall–Kier alpha value is -0.326. The van der Waals surface area contributed by atoms with Gasteiger partial charge in [0.05, 0.1) is 0 Å². The molecule has 88 valence electrons. The summed E-state index contributed by atoms with van der Waals surface area (Å²) in [5.41, 5.74) is 10.0. The molecule has 0 fully saturated rings. The maximum absolute atomic E-state index is 2.34. The van der Waals surface area contributed by atoms with Crippen LogP contribution in [0.1, 0.15) is 53.4 Å². The van der Waals surface area contributed by atoms with E-state index in [0.29, 0.717) is 0 Å². The molecule has 0 amide bonds. The van der Waals surface area contributed by atoms with E-state index in [9.17, 15) is 0 Å². The fraction of sp³-hybridized carbons (Fsp3) is 0.500. The fourth-order valence-electron chi connectivity index (χ4n) is 3.32. The van der Waals surface area contributed by atoms with Gasteiger partial charge in [0.25, 0.3) is 0 Å². The molecule has 0 radical (unpaired) electrons. The summed E-state index contributed by atoms with van der Waals surface area (Å²) < 4.78 is 3.71. The van der Waals surface area contributed by atoms with Gasteiger partial charge >= 0.3 is 114 Å². The monoisotopic (exact) mass is 260 g/mol. The standard InChI is InChI=1S/C16H20.Ti/c1-11-5-7-15(13(11)3)9-10-16-8-6-12(2)14(16)4;/h5-6,9-10H2,1-4H3;. The molecule has 0 saturated heterocycles. The van der Waals surface area contributed by atoms with E-state index in [4.69, 9.17) is 0 Å². The topological polar surface area (TPSA) is 0 Å². The molecule has 3 rings (SSSR count). The second-order valence-corrected chi connectivity index (χ2v) is 7.98. The third-order valence-corrected chi connectivity index (χ3v) is 7.16. The molecule has 17 heavy (non-hydrogen) atoms. The fourth-order valence-corrected chi connectivity index (χ4v) is 6.45. The van der Waals surface area contributed by atoms with E-state index in [1.807, 2.05) is 7.76 Å². The van der Waals surface area contributed by atoms with Crippen LogP contribution in [0.15, 0.2) is 41.2 Å². The van der Waals surface area contributed by atoms with Crippen LogP contribution in [0.4, 0.5) is 0 Å². The van der Waals surface area contributed by atoms with Crippen LogP contribution in [0.3, 0.4) is 0 Å². The molecular weight excluding hydrogens is 240 g/mol. The Labute approximate surface area is 113 Å². The molecular formula is C16H20Ti. The quantitative estimate of drug-likeness (QED) is 0.546. The first-order chi connectivity index (χ1) is 8.08. The second-order valence-electron chi connectivity index (χ2n) is 5.70. The van der Waals surface area contributed by atoms with Gasteiger partial charge in [-0.3, -0.25) is 0 Å². The van der Waals surface area contributed by atoms with Crippen molar-refractivity contribution in [2.24, 2.45) is 0 Å². The van der Waals surface area contributed by atoms with Crippen molar-refractivity contribution in [2.45, 2.75) is 53.4 Å². The average Bonchev–Trinajstić information content (AvgIpc) is 2.63. The Balaban J connectivity index is 1.92. The van der Waals surface area contributed by atoms with Crippen molar-refractivity contribution in [2.75, 3.05) is 0 Å². The third kappa shape index (κ3) is 1.77. The first-order valence-corrected chi connectivity index (χ1v) is 8.18. The van der Waals surface area contributed by atoms with Crippen molar-refractivity contribution >= 4 is 0 Å². The van der Waals surface area contributed by atoms with Gasteiger partial charge in [0.2, 0.25) is 0 Å². The summed E-state index contributed by atoms with van der Waals surface area (Å²) in [6, 6.07) is 0. The number of hydrogen-bond donors (Lipinski definition) is 0. The van der Waals surface area contributed by atoms with Crippen LogP contribution in [0, 0.1) is 0 Å². The number of hydrogen-bond acceptors (Lipinski definition) is 0. The summed E-state index contributed by atoms with van der Waals surface area (Å²) in [5, 5.41) is 0. The van der Waals surface area contributed by atoms with E-state index in [-0.39, 0.29) is 19.2 Å². The van der Waals surface area contributed by atoms with Gasteiger partial charge in [-0.25, -0.2) is 0 Å². The molecule has 0 aromatic carbocycles. The first kappa shape index (κ1) is 11.7. The molecule has 0 aromatic heterocycles. The predicted octanol–water partition coefficient (Wildman–Crippen LogP) is 4.85. The molecule has 2 aliphatic carbocycles. The summed E-state index contributed by atoms with van der Waals surface area (Å²) in [6.45, 7) is 9.34. The van der Waals surface area contributed by atoms with Gasteiger partial charge < -0.3 is 0 Å². The zero-order chi connectivity index (χ0) is 12.2. The molecule has 3 aliphatic rings. The Kier molecular flexibility index (Phi) is 2.84. The van der Waals surface area contributed by atoms with E-state index in [2.05, 4.69) is 27.7 Å². The molecule has 0 nitrogen and oxygen atoms in total. The van der Waals surface area contributed by atoms with Crippen molar-refractivity contribution in [3.8, 4) is 0 Å². The van der Waals surface area contributed by atoms with Crippen molar-refractivity contribution in [3.63, 3.8) is 0 Å². The van der Waals surface area contributed by atoms with Gasteiger partial charge in [0.1, 0.15) is 0 Å². The van der Waals surface area contributed by atoms with Crippen molar-refractivity contribution in [1.82, 2.24) is 0 Å². The third-order valence-electron chi connectivity index (χ3n) is 4.72. The van der Waals surface area contributed by atoms with E-state index >= 15 is 0 Å². The Bertz CT molecular complexity index is 476. The molecule has 0 N–H and O–H groups in total. The van der Waals surface area contributed by atoms with Crippen molar-refractivity contribution < 1.29 is 19.2 Å². The van der Waals surface area contributed by atoms with Crippen LogP contribution in [-0.2, 0) is 19.2 Å². The second kappa shape index (κ2) is 4.11. The summed E-state index contributed by atoms with van der Waals surface area (Å²) in [5.74, 6) is 0. The van der Waals surface area contributed by atoms with Crippen LogP contribution in [0.5, 0.6) is 0 Å².